The number of aromatic nitrogens is 2. The van der Waals surface area contributed by atoms with Crippen molar-refractivity contribution in [3.05, 3.63) is 24.1 Å². The van der Waals surface area contributed by atoms with Gasteiger partial charge in [0.25, 0.3) is 0 Å². The molecule has 0 fully saturated rings. The fourth-order valence-electron chi connectivity index (χ4n) is 1.35. The van der Waals surface area contributed by atoms with Crippen LogP contribution in [0.2, 0.25) is 0 Å². The Balaban J connectivity index is 2.64. The predicted molar refractivity (Wildman–Crippen MR) is 50.1 cm³/mol. The van der Waals surface area contributed by atoms with E-state index in [4.69, 9.17) is 10.2 Å². The number of anilines is 1. The van der Waals surface area contributed by atoms with Gasteiger partial charge in [-0.1, -0.05) is 0 Å². The second-order valence-electron chi connectivity index (χ2n) is 3.00. The highest BCUT2D eigenvalue weighted by atomic mass is 16.3. The molecule has 68 valence electrons. The lowest BCUT2D eigenvalue weighted by molar-refractivity contribution is 0.572. The third-order valence-corrected chi connectivity index (χ3v) is 2.04. The summed E-state index contributed by atoms with van der Waals surface area (Å²) >= 11 is 0. The van der Waals surface area contributed by atoms with E-state index in [1.165, 1.54) is 0 Å². The van der Waals surface area contributed by atoms with Gasteiger partial charge in [0.05, 0.1) is 18.1 Å². The largest absolute Gasteiger partial charge is 0.462 e. The van der Waals surface area contributed by atoms with Crippen molar-refractivity contribution in [2.24, 2.45) is 7.05 Å². The summed E-state index contributed by atoms with van der Waals surface area (Å²) in [6.07, 6.45) is 3.27. The molecule has 0 saturated carbocycles. The summed E-state index contributed by atoms with van der Waals surface area (Å²) in [6, 6.07) is 1.90. The molecule has 0 radical (unpaired) electrons. The van der Waals surface area contributed by atoms with Gasteiger partial charge >= 0.3 is 0 Å². The highest BCUT2D eigenvalue weighted by Gasteiger charge is 2.13. The number of nitrogen functional groups attached to an aromatic ring is 1. The zero-order valence-electron chi connectivity index (χ0n) is 7.61. The van der Waals surface area contributed by atoms with Crippen LogP contribution < -0.4 is 5.73 Å². The number of nitrogens with zero attached hydrogens (tertiary/aromatic N) is 2. The van der Waals surface area contributed by atoms with Crippen LogP contribution in [-0.2, 0) is 7.05 Å². The number of nitrogens with two attached hydrogens (primary N) is 1. The molecule has 2 aromatic rings. The molecular formula is C9H11N3O. The molecule has 4 heteroatoms. The van der Waals surface area contributed by atoms with Crippen LogP contribution in [0.5, 0.6) is 0 Å². The molecule has 2 rings (SSSR count). The number of hydrogen-bond donors (Lipinski definition) is 1. The third kappa shape index (κ3) is 1.11. The van der Waals surface area contributed by atoms with Gasteiger partial charge in [0, 0.05) is 7.05 Å². The van der Waals surface area contributed by atoms with Crippen LogP contribution >= 0.6 is 0 Å². The van der Waals surface area contributed by atoms with E-state index < -0.39 is 0 Å². The molecule has 0 aliphatic rings. The first-order valence-electron chi connectivity index (χ1n) is 4.02. The van der Waals surface area contributed by atoms with E-state index in [0.29, 0.717) is 5.69 Å². The Morgan fingerprint density at radius 1 is 1.54 bits per heavy atom. The van der Waals surface area contributed by atoms with Gasteiger partial charge < -0.3 is 10.2 Å². The maximum atomic E-state index is 5.76. The van der Waals surface area contributed by atoms with Crippen molar-refractivity contribution in [3.63, 3.8) is 0 Å². The fraction of sp³-hybridized carbons (Fsp3) is 0.222. The highest BCUT2D eigenvalue weighted by molar-refractivity contribution is 5.70. The molecule has 2 heterocycles. The van der Waals surface area contributed by atoms with Crippen LogP contribution in [0.1, 0.15) is 5.56 Å². The van der Waals surface area contributed by atoms with Crippen molar-refractivity contribution >= 4 is 5.69 Å². The number of rotatable bonds is 1. The van der Waals surface area contributed by atoms with E-state index in [1.807, 2.05) is 20.0 Å². The van der Waals surface area contributed by atoms with Gasteiger partial charge in [-0.25, -0.2) is 0 Å². The number of aryl methyl sites for hydroxylation is 2. The molecule has 2 N–H and O–H groups in total. The minimum Gasteiger partial charge on any atom is -0.462 e. The third-order valence-electron chi connectivity index (χ3n) is 2.04. The van der Waals surface area contributed by atoms with E-state index >= 15 is 0 Å². The van der Waals surface area contributed by atoms with Crippen molar-refractivity contribution in [3.8, 4) is 11.5 Å². The van der Waals surface area contributed by atoms with Crippen molar-refractivity contribution < 1.29 is 4.42 Å². The lowest BCUT2D eigenvalue weighted by Gasteiger charge is -2.00. The Hall–Kier alpha value is -1.71. The molecule has 0 bridgehead atoms. The minimum absolute atomic E-state index is 0.639. The van der Waals surface area contributed by atoms with Crippen LogP contribution in [0, 0.1) is 6.92 Å². The molecule has 13 heavy (non-hydrogen) atoms. The maximum Gasteiger partial charge on any atom is 0.156 e. The first-order chi connectivity index (χ1) is 6.20. The number of hydrogen-bond acceptors (Lipinski definition) is 3. The minimum atomic E-state index is 0.639. The molecule has 0 amide bonds. The topological polar surface area (TPSA) is 57.0 Å². The monoisotopic (exact) mass is 177 g/mol. The first kappa shape index (κ1) is 7.91. The van der Waals surface area contributed by atoms with Crippen LogP contribution in [0.15, 0.2) is 22.9 Å². The molecule has 0 saturated heterocycles. The summed E-state index contributed by atoms with van der Waals surface area (Å²) in [5.41, 5.74) is 8.30. The Bertz CT molecular complexity index is 408. The molecule has 4 nitrogen and oxygen atoms in total. The van der Waals surface area contributed by atoms with Gasteiger partial charge in [-0.2, -0.15) is 5.10 Å². The molecule has 0 spiro atoms. The Morgan fingerprint density at radius 2 is 2.31 bits per heavy atom. The second-order valence-corrected chi connectivity index (χ2v) is 3.00. The van der Waals surface area contributed by atoms with Crippen LogP contribution in [0.25, 0.3) is 11.5 Å². The predicted octanol–water partition coefficient (Wildman–Crippen LogP) is 1.57. The normalized spacial score (nSPS) is 10.6. The lowest BCUT2D eigenvalue weighted by Crippen LogP contribution is -1.95. The Morgan fingerprint density at radius 3 is 2.77 bits per heavy atom. The molecular weight excluding hydrogens is 166 g/mol. The standard InChI is InChI=1S/C9H11N3O/c1-6-3-4-13-9(6)8-7(10)5-11-12(8)2/h3-5H,10H2,1-2H3. The zero-order chi connectivity index (χ0) is 9.42. The first-order valence-corrected chi connectivity index (χ1v) is 4.02. The molecule has 2 aromatic heterocycles. The molecule has 0 aliphatic heterocycles. The van der Waals surface area contributed by atoms with Crippen LogP contribution in [0.3, 0.4) is 0 Å². The summed E-state index contributed by atoms with van der Waals surface area (Å²) in [6.45, 7) is 1.98. The van der Waals surface area contributed by atoms with Gasteiger partial charge in [-0.05, 0) is 18.6 Å². The maximum absolute atomic E-state index is 5.76. The smallest absolute Gasteiger partial charge is 0.156 e. The van der Waals surface area contributed by atoms with E-state index in [-0.39, 0.29) is 0 Å². The quantitative estimate of drug-likeness (QED) is 0.719. The fourth-order valence-corrected chi connectivity index (χ4v) is 1.35. The lowest BCUT2D eigenvalue weighted by atomic mass is 10.2. The van der Waals surface area contributed by atoms with Crippen LogP contribution in [-0.4, -0.2) is 9.78 Å². The molecule has 0 atom stereocenters. The van der Waals surface area contributed by atoms with E-state index in [2.05, 4.69) is 5.10 Å². The van der Waals surface area contributed by atoms with Gasteiger partial charge in [-0.15, -0.1) is 0 Å². The summed E-state index contributed by atoms with van der Waals surface area (Å²) < 4.78 is 7.04. The highest BCUT2D eigenvalue weighted by Crippen LogP contribution is 2.28. The average molecular weight is 177 g/mol. The van der Waals surface area contributed by atoms with Crippen molar-refractivity contribution in [2.45, 2.75) is 6.92 Å². The Labute approximate surface area is 76.0 Å². The van der Waals surface area contributed by atoms with E-state index in [1.54, 1.807) is 17.1 Å². The molecule has 0 aromatic carbocycles. The summed E-state index contributed by atoms with van der Waals surface area (Å²) in [7, 11) is 1.84. The Kier molecular flexibility index (Phi) is 1.62. The summed E-state index contributed by atoms with van der Waals surface area (Å²) in [4.78, 5) is 0. The van der Waals surface area contributed by atoms with Crippen molar-refractivity contribution in [2.75, 3.05) is 5.73 Å². The van der Waals surface area contributed by atoms with Gasteiger partial charge in [0.2, 0.25) is 0 Å². The molecule has 0 aliphatic carbocycles. The van der Waals surface area contributed by atoms with Gasteiger partial charge in [0.1, 0.15) is 5.69 Å². The molecule has 0 unspecified atom stereocenters. The summed E-state index contributed by atoms with van der Waals surface area (Å²) in [5, 5.41) is 4.04. The van der Waals surface area contributed by atoms with Crippen molar-refractivity contribution in [1.82, 2.24) is 9.78 Å². The van der Waals surface area contributed by atoms with E-state index in [9.17, 15) is 0 Å². The average Bonchev–Trinajstić information content (AvgIpc) is 2.60. The van der Waals surface area contributed by atoms with Gasteiger partial charge in [-0.3, -0.25) is 4.68 Å². The SMILES string of the molecule is Cc1ccoc1-c1c(N)cnn1C. The second kappa shape index (κ2) is 2.65. The van der Waals surface area contributed by atoms with E-state index in [0.717, 1.165) is 17.0 Å². The van der Waals surface area contributed by atoms with Crippen molar-refractivity contribution in [1.29, 1.82) is 0 Å². The van der Waals surface area contributed by atoms with Crippen LogP contribution in [0.4, 0.5) is 5.69 Å². The summed E-state index contributed by atoms with van der Waals surface area (Å²) in [5.74, 6) is 0.789. The van der Waals surface area contributed by atoms with Gasteiger partial charge in [0.15, 0.2) is 5.76 Å². The zero-order valence-corrected chi connectivity index (χ0v) is 7.61. The number of furan rings is 1.